The molecule has 0 aliphatic carbocycles. The summed E-state index contributed by atoms with van der Waals surface area (Å²) in [6.45, 7) is 6.24. The first kappa shape index (κ1) is 25.5. The van der Waals surface area contributed by atoms with Crippen LogP contribution in [-0.4, -0.2) is 110 Å². The number of fused-ring (bicyclic) bond motifs is 5. The van der Waals surface area contributed by atoms with Gasteiger partial charge < -0.3 is 29.9 Å². The molecule has 3 aliphatic heterocycles. The summed E-state index contributed by atoms with van der Waals surface area (Å²) in [6.07, 6.45) is 3.94. The van der Waals surface area contributed by atoms with Crippen LogP contribution < -0.4 is 15.4 Å². The van der Waals surface area contributed by atoms with Crippen molar-refractivity contribution in [3.8, 4) is 16.5 Å². The zero-order valence-corrected chi connectivity index (χ0v) is 21.6. The molecule has 1 unspecified atom stereocenters. The molecule has 3 aliphatic rings. The Labute approximate surface area is 219 Å². The molecule has 0 aromatic carbocycles. The molecule has 0 saturated carbocycles. The Hall–Kier alpha value is -3.19. The molecule has 2 aromatic heterocycles. The van der Waals surface area contributed by atoms with Gasteiger partial charge in [-0.15, -0.1) is 11.3 Å². The maximum atomic E-state index is 13.2. The quantitative estimate of drug-likeness (QED) is 0.604. The fourth-order valence-electron chi connectivity index (χ4n) is 4.41. The minimum absolute atomic E-state index is 0.254. The van der Waals surface area contributed by atoms with Crippen LogP contribution in [0.15, 0.2) is 40.0 Å². The molecule has 0 radical (unpaired) electrons. The van der Waals surface area contributed by atoms with Crippen molar-refractivity contribution in [2.75, 3.05) is 66.1 Å². The number of likely N-dealkylation sites (N-methyl/N-ethyl adjacent to an activating group) is 1. The van der Waals surface area contributed by atoms with Crippen LogP contribution in [0.3, 0.4) is 0 Å². The topological polar surface area (TPSA) is 121 Å². The highest BCUT2D eigenvalue weighted by molar-refractivity contribution is 7.13. The molecule has 1 saturated heterocycles. The second-order valence-electron chi connectivity index (χ2n) is 9.15. The van der Waals surface area contributed by atoms with E-state index in [9.17, 15) is 9.59 Å². The summed E-state index contributed by atoms with van der Waals surface area (Å²) in [6, 6.07) is 3.29. The van der Waals surface area contributed by atoms with E-state index in [-0.39, 0.29) is 23.6 Å². The number of hydrogen-bond donors (Lipinski definition) is 2. The SMILES string of the molecule is CN1CCN(CCC2N=CC3=C2C(=O)NCCOCCOc2cc(ccn2)-c2nc(cs2)C(=O)N3)CC1. The van der Waals surface area contributed by atoms with E-state index in [4.69, 9.17) is 9.47 Å². The van der Waals surface area contributed by atoms with Gasteiger partial charge in [0.15, 0.2) is 0 Å². The Balaban J connectivity index is 1.35. The number of allylic oxidation sites excluding steroid dienone is 1. The van der Waals surface area contributed by atoms with Gasteiger partial charge in [-0.2, -0.15) is 0 Å². The lowest BCUT2D eigenvalue weighted by Crippen LogP contribution is -2.45. The summed E-state index contributed by atoms with van der Waals surface area (Å²) < 4.78 is 11.3. The van der Waals surface area contributed by atoms with Crippen LogP contribution in [-0.2, 0) is 9.53 Å². The third kappa shape index (κ3) is 6.39. The van der Waals surface area contributed by atoms with Gasteiger partial charge in [0.05, 0.1) is 30.5 Å². The monoisotopic (exact) mass is 525 g/mol. The number of aromatic nitrogens is 2. The molecule has 2 amide bonds. The van der Waals surface area contributed by atoms with Crippen molar-refractivity contribution in [2.24, 2.45) is 4.99 Å². The number of piperazine rings is 1. The predicted octanol–water partition coefficient (Wildman–Crippen LogP) is 0.805. The molecular weight excluding hydrogens is 494 g/mol. The van der Waals surface area contributed by atoms with E-state index in [1.165, 1.54) is 11.3 Å². The first-order valence-corrected chi connectivity index (χ1v) is 13.3. The van der Waals surface area contributed by atoms with Crippen molar-refractivity contribution in [3.63, 3.8) is 0 Å². The van der Waals surface area contributed by atoms with Crippen LogP contribution in [0.4, 0.5) is 0 Å². The van der Waals surface area contributed by atoms with E-state index in [1.54, 1.807) is 23.9 Å². The smallest absolute Gasteiger partial charge is 0.275 e. The van der Waals surface area contributed by atoms with E-state index in [1.807, 2.05) is 6.07 Å². The van der Waals surface area contributed by atoms with Crippen molar-refractivity contribution in [1.29, 1.82) is 0 Å². The van der Waals surface area contributed by atoms with Gasteiger partial charge in [-0.1, -0.05) is 0 Å². The molecule has 0 spiro atoms. The zero-order valence-electron chi connectivity index (χ0n) is 20.8. The zero-order chi connectivity index (χ0) is 25.6. The number of nitrogens with one attached hydrogen (secondary N) is 2. The Kier molecular flexibility index (Phi) is 8.19. The van der Waals surface area contributed by atoms with Gasteiger partial charge in [-0.25, -0.2) is 9.97 Å². The fourth-order valence-corrected chi connectivity index (χ4v) is 5.21. The van der Waals surface area contributed by atoms with Gasteiger partial charge >= 0.3 is 0 Å². The van der Waals surface area contributed by atoms with Gasteiger partial charge in [0, 0.05) is 68.7 Å². The molecular formula is C25H31N7O4S. The normalized spacial score (nSPS) is 22.0. The maximum Gasteiger partial charge on any atom is 0.275 e. The summed E-state index contributed by atoms with van der Waals surface area (Å²) in [5, 5.41) is 8.16. The number of amides is 2. The largest absolute Gasteiger partial charge is 0.475 e. The van der Waals surface area contributed by atoms with Crippen LogP contribution in [0, 0.1) is 0 Å². The highest BCUT2D eigenvalue weighted by Crippen LogP contribution is 2.26. The summed E-state index contributed by atoms with van der Waals surface area (Å²) >= 11 is 1.35. The second kappa shape index (κ2) is 11.9. The first-order chi connectivity index (χ1) is 18.1. The fraction of sp³-hybridized carbons (Fsp3) is 0.480. The minimum atomic E-state index is -0.385. The summed E-state index contributed by atoms with van der Waals surface area (Å²) in [5.41, 5.74) is 1.97. The third-order valence-electron chi connectivity index (χ3n) is 6.54. The van der Waals surface area contributed by atoms with Gasteiger partial charge in [0.2, 0.25) is 5.88 Å². The number of hydrogen-bond acceptors (Lipinski definition) is 10. The lowest BCUT2D eigenvalue weighted by atomic mass is 10.0. The van der Waals surface area contributed by atoms with Crippen LogP contribution in [0.1, 0.15) is 16.9 Å². The van der Waals surface area contributed by atoms with E-state index >= 15 is 0 Å². The maximum absolute atomic E-state index is 13.2. The van der Waals surface area contributed by atoms with E-state index in [0.717, 1.165) is 38.3 Å². The van der Waals surface area contributed by atoms with Gasteiger partial charge in [-0.3, -0.25) is 14.6 Å². The lowest BCUT2D eigenvalue weighted by Gasteiger charge is -2.32. The number of aliphatic imine (C=N–C) groups is 1. The Morgan fingerprint density at radius 3 is 2.86 bits per heavy atom. The summed E-state index contributed by atoms with van der Waals surface area (Å²) in [4.78, 5) is 44.3. The molecule has 37 heavy (non-hydrogen) atoms. The van der Waals surface area contributed by atoms with Crippen LogP contribution >= 0.6 is 11.3 Å². The average molecular weight is 526 g/mol. The molecule has 4 bridgehead atoms. The molecule has 196 valence electrons. The van der Waals surface area contributed by atoms with Gasteiger partial charge in [0.1, 0.15) is 17.3 Å². The molecule has 2 aromatic rings. The standard InChI is InChI=1S/C25H31N7O4S/c1-31-7-9-32(10-8-31)6-3-18-22-19(15-28-18)29-23(33)20-16-37-25(30-20)17-2-4-26-21(14-17)36-13-12-35-11-5-27-24(22)34/h2,4,14-16,18H,3,5-13H2,1H3,(H,27,34)(H,29,33). The molecule has 5 heterocycles. The van der Waals surface area contributed by atoms with Gasteiger partial charge in [0.25, 0.3) is 11.8 Å². The predicted molar refractivity (Wildman–Crippen MR) is 140 cm³/mol. The number of carbonyl (C=O) groups is 2. The third-order valence-corrected chi connectivity index (χ3v) is 7.43. The van der Waals surface area contributed by atoms with E-state index in [0.29, 0.717) is 54.9 Å². The second-order valence-corrected chi connectivity index (χ2v) is 10.0. The average Bonchev–Trinajstić information content (AvgIpc) is 3.55. The molecule has 2 N–H and O–H groups in total. The van der Waals surface area contributed by atoms with Crippen molar-refractivity contribution in [2.45, 2.75) is 12.5 Å². The van der Waals surface area contributed by atoms with Crippen LogP contribution in [0.2, 0.25) is 0 Å². The number of pyridine rings is 1. The molecule has 1 fully saturated rings. The van der Waals surface area contributed by atoms with E-state index < -0.39 is 0 Å². The molecule has 5 rings (SSSR count). The number of thiazole rings is 1. The van der Waals surface area contributed by atoms with Crippen molar-refractivity contribution in [3.05, 3.63) is 40.7 Å². The molecule has 12 heteroatoms. The van der Waals surface area contributed by atoms with Crippen molar-refractivity contribution < 1.29 is 19.1 Å². The number of nitrogens with zero attached hydrogens (tertiary/aromatic N) is 5. The van der Waals surface area contributed by atoms with Gasteiger partial charge in [-0.05, 0) is 19.5 Å². The minimum Gasteiger partial charge on any atom is -0.475 e. The number of rotatable bonds is 3. The highest BCUT2D eigenvalue weighted by atomic mass is 32.1. The Morgan fingerprint density at radius 1 is 1.14 bits per heavy atom. The van der Waals surface area contributed by atoms with Crippen LogP contribution in [0.5, 0.6) is 5.88 Å². The Bertz CT molecular complexity index is 1190. The summed E-state index contributed by atoms with van der Waals surface area (Å²) in [5.74, 6) is -0.185. The van der Waals surface area contributed by atoms with Crippen LogP contribution in [0.25, 0.3) is 10.6 Å². The molecule has 1 atom stereocenters. The van der Waals surface area contributed by atoms with Crippen molar-refractivity contribution >= 4 is 29.4 Å². The van der Waals surface area contributed by atoms with Crippen molar-refractivity contribution in [1.82, 2.24) is 30.4 Å². The van der Waals surface area contributed by atoms with E-state index in [2.05, 4.69) is 42.4 Å². The molecule has 11 nitrogen and oxygen atoms in total. The highest BCUT2D eigenvalue weighted by Gasteiger charge is 2.30. The summed E-state index contributed by atoms with van der Waals surface area (Å²) in [7, 11) is 2.13. The Morgan fingerprint density at radius 2 is 2.00 bits per heavy atom. The lowest BCUT2D eigenvalue weighted by molar-refractivity contribution is -0.118. The number of carbonyl (C=O) groups excluding carboxylic acids is 2. The number of ether oxygens (including phenoxy) is 2. The first-order valence-electron chi connectivity index (χ1n) is 12.5.